The van der Waals surface area contributed by atoms with Crippen LogP contribution in [-0.2, 0) is 4.74 Å². The Morgan fingerprint density at radius 1 is 1.37 bits per heavy atom. The minimum atomic E-state index is -0.417. The number of rotatable bonds is 1. The first-order valence-corrected chi connectivity index (χ1v) is 7.21. The van der Waals surface area contributed by atoms with Crippen molar-refractivity contribution in [3.05, 3.63) is 29.3 Å². The van der Waals surface area contributed by atoms with Gasteiger partial charge in [0.1, 0.15) is 11.4 Å². The van der Waals surface area contributed by atoms with E-state index in [4.69, 9.17) is 9.47 Å². The number of hydrogen-bond acceptors (Lipinski definition) is 3. The molecule has 1 N–H and O–H groups in total. The van der Waals surface area contributed by atoms with Crippen LogP contribution in [0, 0.1) is 6.92 Å². The summed E-state index contributed by atoms with van der Waals surface area (Å²) in [5.74, 6) is 0.848. The van der Waals surface area contributed by atoms with E-state index in [9.17, 15) is 5.11 Å². The molecule has 2 aliphatic heterocycles. The molecule has 2 aliphatic rings. The molecule has 1 fully saturated rings. The van der Waals surface area contributed by atoms with Crippen molar-refractivity contribution in [2.75, 3.05) is 6.61 Å². The Morgan fingerprint density at radius 3 is 3.00 bits per heavy atom. The van der Waals surface area contributed by atoms with Gasteiger partial charge < -0.3 is 14.6 Å². The fraction of sp³-hybridized carbons (Fsp3) is 0.625. The SMILES string of the molecule is CCC1CC2(CCO1)C[C@H](O)c1cc(C)ccc1O2. The van der Waals surface area contributed by atoms with Crippen LogP contribution in [0.2, 0.25) is 0 Å². The van der Waals surface area contributed by atoms with Gasteiger partial charge in [-0.15, -0.1) is 0 Å². The molecule has 104 valence electrons. The Morgan fingerprint density at radius 2 is 2.21 bits per heavy atom. The Kier molecular flexibility index (Phi) is 3.27. The van der Waals surface area contributed by atoms with Crippen molar-refractivity contribution >= 4 is 0 Å². The van der Waals surface area contributed by atoms with Gasteiger partial charge in [0.05, 0.1) is 18.8 Å². The second kappa shape index (κ2) is 4.80. The second-order valence-electron chi connectivity index (χ2n) is 5.90. The number of benzene rings is 1. The Balaban J connectivity index is 1.89. The molecule has 1 aromatic rings. The van der Waals surface area contributed by atoms with Crippen LogP contribution in [-0.4, -0.2) is 23.4 Å². The lowest BCUT2D eigenvalue weighted by Crippen LogP contribution is -2.48. The van der Waals surface area contributed by atoms with Gasteiger partial charge in [-0.3, -0.25) is 0 Å². The summed E-state index contributed by atoms with van der Waals surface area (Å²) in [5, 5.41) is 10.4. The smallest absolute Gasteiger partial charge is 0.125 e. The first kappa shape index (κ1) is 12.9. The minimum Gasteiger partial charge on any atom is -0.487 e. The van der Waals surface area contributed by atoms with Crippen molar-refractivity contribution in [3.63, 3.8) is 0 Å². The molecule has 1 aromatic carbocycles. The maximum absolute atomic E-state index is 10.4. The van der Waals surface area contributed by atoms with Crippen LogP contribution in [0.5, 0.6) is 5.75 Å². The van der Waals surface area contributed by atoms with Gasteiger partial charge in [0.15, 0.2) is 0 Å². The lowest BCUT2D eigenvalue weighted by Gasteiger charge is -2.45. The highest BCUT2D eigenvalue weighted by atomic mass is 16.5. The summed E-state index contributed by atoms with van der Waals surface area (Å²) in [6.07, 6.45) is 3.28. The van der Waals surface area contributed by atoms with Crippen LogP contribution in [0.4, 0.5) is 0 Å². The van der Waals surface area contributed by atoms with E-state index in [0.29, 0.717) is 6.42 Å². The molecule has 0 bridgehead atoms. The summed E-state index contributed by atoms with van der Waals surface area (Å²) < 4.78 is 12.0. The number of aryl methyl sites for hydroxylation is 1. The zero-order chi connectivity index (χ0) is 13.5. The summed E-state index contributed by atoms with van der Waals surface area (Å²) in [5.41, 5.74) is 1.86. The molecular weight excluding hydrogens is 240 g/mol. The third kappa shape index (κ3) is 2.37. The summed E-state index contributed by atoms with van der Waals surface area (Å²) in [4.78, 5) is 0. The number of ether oxygens (including phenoxy) is 2. The highest BCUT2D eigenvalue weighted by molar-refractivity contribution is 5.41. The van der Waals surface area contributed by atoms with E-state index in [2.05, 4.69) is 6.92 Å². The van der Waals surface area contributed by atoms with Crippen molar-refractivity contribution in [1.29, 1.82) is 0 Å². The molecular formula is C16H22O3. The lowest BCUT2D eigenvalue weighted by atomic mass is 9.80. The van der Waals surface area contributed by atoms with Crippen LogP contribution < -0.4 is 4.74 Å². The van der Waals surface area contributed by atoms with Crippen molar-refractivity contribution in [2.45, 2.75) is 57.3 Å². The summed E-state index contributed by atoms with van der Waals surface area (Å²) in [6.45, 7) is 4.91. The van der Waals surface area contributed by atoms with Gasteiger partial charge in [-0.05, 0) is 25.5 Å². The van der Waals surface area contributed by atoms with E-state index in [0.717, 1.165) is 42.7 Å². The molecule has 0 aliphatic carbocycles. The quantitative estimate of drug-likeness (QED) is 0.845. The predicted octanol–water partition coefficient (Wildman–Crippen LogP) is 3.14. The topological polar surface area (TPSA) is 38.7 Å². The van der Waals surface area contributed by atoms with Crippen molar-refractivity contribution < 1.29 is 14.6 Å². The molecule has 0 amide bonds. The largest absolute Gasteiger partial charge is 0.487 e. The zero-order valence-electron chi connectivity index (χ0n) is 11.7. The normalized spacial score (nSPS) is 33.8. The van der Waals surface area contributed by atoms with Crippen LogP contribution >= 0.6 is 0 Å². The number of hydrogen-bond donors (Lipinski definition) is 1. The lowest BCUT2D eigenvalue weighted by molar-refractivity contribution is -0.116. The molecule has 0 aromatic heterocycles. The van der Waals surface area contributed by atoms with E-state index < -0.39 is 6.10 Å². The van der Waals surface area contributed by atoms with Gasteiger partial charge in [0, 0.05) is 24.8 Å². The predicted molar refractivity (Wildman–Crippen MR) is 73.4 cm³/mol. The molecule has 3 rings (SSSR count). The highest BCUT2D eigenvalue weighted by Gasteiger charge is 2.44. The van der Waals surface area contributed by atoms with Gasteiger partial charge >= 0.3 is 0 Å². The molecule has 1 spiro atoms. The monoisotopic (exact) mass is 262 g/mol. The zero-order valence-corrected chi connectivity index (χ0v) is 11.7. The molecule has 19 heavy (non-hydrogen) atoms. The number of aliphatic hydroxyl groups excluding tert-OH is 1. The standard InChI is InChI=1S/C16H22O3/c1-3-12-9-16(6-7-18-12)10-14(17)13-8-11(2)4-5-15(13)19-16/h4-5,8,12,14,17H,3,6-7,9-10H2,1-2H3/t12?,14-,16?/m0/s1. The molecule has 1 saturated heterocycles. The number of fused-ring (bicyclic) bond motifs is 1. The van der Waals surface area contributed by atoms with Gasteiger partial charge in [-0.25, -0.2) is 0 Å². The highest BCUT2D eigenvalue weighted by Crippen LogP contribution is 2.45. The number of aliphatic hydroxyl groups is 1. The van der Waals surface area contributed by atoms with Crippen LogP contribution in [0.25, 0.3) is 0 Å². The Labute approximate surface area is 114 Å². The van der Waals surface area contributed by atoms with Gasteiger partial charge in [-0.2, -0.15) is 0 Å². The summed E-state index contributed by atoms with van der Waals surface area (Å²) in [6, 6.07) is 6.07. The third-order valence-corrected chi connectivity index (χ3v) is 4.38. The molecule has 0 radical (unpaired) electrons. The van der Waals surface area contributed by atoms with Crippen LogP contribution in [0.15, 0.2) is 18.2 Å². The average Bonchev–Trinajstić information content (AvgIpc) is 2.40. The minimum absolute atomic E-state index is 0.236. The van der Waals surface area contributed by atoms with Crippen molar-refractivity contribution in [3.8, 4) is 5.75 Å². The second-order valence-corrected chi connectivity index (χ2v) is 5.90. The fourth-order valence-corrected chi connectivity index (χ4v) is 3.29. The average molecular weight is 262 g/mol. The Hall–Kier alpha value is -1.06. The van der Waals surface area contributed by atoms with E-state index >= 15 is 0 Å². The maximum atomic E-state index is 10.4. The van der Waals surface area contributed by atoms with Crippen LogP contribution in [0.1, 0.15) is 49.8 Å². The molecule has 3 nitrogen and oxygen atoms in total. The van der Waals surface area contributed by atoms with Crippen molar-refractivity contribution in [2.24, 2.45) is 0 Å². The molecule has 0 saturated carbocycles. The fourth-order valence-electron chi connectivity index (χ4n) is 3.29. The summed E-state index contributed by atoms with van der Waals surface area (Å²) >= 11 is 0. The molecule has 3 atom stereocenters. The molecule has 2 unspecified atom stereocenters. The molecule has 3 heteroatoms. The van der Waals surface area contributed by atoms with Gasteiger partial charge in [-0.1, -0.05) is 18.6 Å². The van der Waals surface area contributed by atoms with Crippen molar-refractivity contribution in [1.82, 2.24) is 0 Å². The maximum Gasteiger partial charge on any atom is 0.125 e. The van der Waals surface area contributed by atoms with E-state index in [1.54, 1.807) is 0 Å². The van der Waals surface area contributed by atoms with E-state index in [-0.39, 0.29) is 11.7 Å². The first-order valence-electron chi connectivity index (χ1n) is 7.21. The van der Waals surface area contributed by atoms with Gasteiger partial charge in [0.25, 0.3) is 0 Å². The van der Waals surface area contributed by atoms with Gasteiger partial charge in [0.2, 0.25) is 0 Å². The molecule has 2 heterocycles. The third-order valence-electron chi connectivity index (χ3n) is 4.38. The van der Waals surface area contributed by atoms with E-state index in [1.807, 2.05) is 25.1 Å². The Bertz CT molecular complexity index is 471. The van der Waals surface area contributed by atoms with E-state index in [1.165, 1.54) is 0 Å². The first-order chi connectivity index (χ1) is 9.12. The van der Waals surface area contributed by atoms with Crippen LogP contribution in [0.3, 0.4) is 0 Å². The summed E-state index contributed by atoms with van der Waals surface area (Å²) in [7, 11) is 0.